The van der Waals surface area contributed by atoms with E-state index in [2.05, 4.69) is 30.6 Å². The Bertz CT molecular complexity index is 1330. The van der Waals surface area contributed by atoms with Crippen molar-refractivity contribution in [3.05, 3.63) is 54.7 Å². The summed E-state index contributed by atoms with van der Waals surface area (Å²) in [6, 6.07) is 9.41. The van der Waals surface area contributed by atoms with Crippen LogP contribution in [0.5, 0.6) is 0 Å². The minimum absolute atomic E-state index is 0.0680. The maximum atomic E-state index is 11.7. The molecular weight excluding hydrogens is 454 g/mol. The first-order valence-electron chi connectivity index (χ1n) is 11.1. The molecule has 1 amide bonds. The topological polar surface area (TPSA) is 107 Å². The average Bonchev–Trinajstić information content (AvgIpc) is 3.31. The Labute approximate surface area is 201 Å². The van der Waals surface area contributed by atoms with E-state index in [1.54, 1.807) is 18.9 Å². The molecule has 34 heavy (non-hydrogen) atoms. The number of hydrogen-bond donors (Lipinski definition) is 2. The minimum atomic E-state index is -0.268. The van der Waals surface area contributed by atoms with Gasteiger partial charge in [-0.2, -0.15) is 0 Å². The molecule has 2 N–H and O–H groups in total. The van der Waals surface area contributed by atoms with Gasteiger partial charge in [0.15, 0.2) is 5.65 Å². The third-order valence-corrected chi connectivity index (χ3v) is 6.03. The molecule has 1 fully saturated rings. The second kappa shape index (κ2) is 9.74. The van der Waals surface area contributed by atoms with Crippen LogP contribution in [-0.2, 0) is 9.53 Å². The lowest BCUT2D eigenvalue weighted by Crippen LogP contribution is -2.17. The number of imidazole rings is 1. The van der Waals surface area contributed by atoms with E-state index in [-0.39, 0.29) is 18.0 Å². The van der Waals surface area contributed by atoms with Gasteiger partial charge in [0, 0.05) is 29.7 Å². The van der Waals surface area contributed by atoms with E-state index in [9.17, 15) is 4.79 Å². The quantitative estimate of drug-likeness (QED) is 0.383. The number of pyridine rings is 1. The van der Waals surface area contributed by atoms with Crippen LogP contribution in [0.25, 0.3) is 22.4 Å². The second-order valence-electron chi connectivity index (χ2n) is 8.10. The van der Waals surface area contributed by atoms with Gasteiger partial charge in [-0.25, -0.2) is 19.9 Å². The van der Waals surface area contributed by atoms with Gasteiger partial charge < -0.3 is 15.4 Å². The molecule has 9 nitrogen and oxygen atoms in total. The molecule has 1 unspecified atom stereocenters. The Morgan fingerprint density at radius 3 is 2.94 bits per heavy atom. The highest BCUT2D eigenvalue weighted by Crippen LogP contribution is 2.34. The summed E-state index contributed by atoms with van der Waals surface area (Å²) in [5.41, 5.74) is 5.33. The monoisotopic (exact) mass is 477 g/mol. The maximum absolute atomic E-state index is 11.7. The molecule has 3 aromatic heterocycles. The minimum Gasteiger partial charge on any atom is -0.358 e. The van der Waals surface area contributed by atoms with E-state index in [0.29, 0.717) is 22.7 Å². The number of anilines is 3. The summed E-state index contributed by atoms with van der Waals surface area (Å²) in [5, 5.41) is 6.16. The number of ether oxygens (including phenoxy) is 1. The smallest absolute Gasteiger partial charge is 0.239 e. The molecule has 0 aliphatic carbocycles. The first kappa shape index (κ1) is 22.2. The average molecular weight is 478 g/mol. The van der Waals surface area contributed by atoms with Crippen LogP contribution in [0, 0.1) is 6.92 Å². The molecule has 1 saturated heterocycles. The lowest BCUT2D eigenvalue weighted by atomic mass is 10.1. The predicted molar refractivity (Wildman–Crippen MR) is 131 cm³/mol. The van der Waals surface area contributed by atoms with Gasteiger partial charge in [-0.3, -0.25) is 9.36 Å². The largest absolute Gasteiger partial charge is 0.358 e. The molecule has 1 aliphatic rings. The van der Waals surface area contributed by atoms with Crippen LogP contribution < -0.4 is 10.6 Å². The summed E-state index contributed by atoms with van der Waals surface area (Å²) in [4.78, 5) is 29.9. The highest BCUT2D eigenvalue weighted by atomic mass is 35.5. The van der Waals surface area contributed by atoms with Gasteiger partial charge in [-0.15, -0.1) is 11.6 Å². The van der Waals surface area contributed by atoms with E-state index in [1.165, 1.54) is 0 Å². The molecule has 0 spiro atoms. The number of aromatic nitrogens is 5. The molecule has 0 saturated carbocycles. The van der Waals surface area contributed by atoms with Crippen molar-refractivity contribution in [2.45, 2.75) is 32.4 Å². The zero-order valence-corrected chi connectivity index (χ0v) is 19.4. The van der Waals surface area contributed by atoms with Crippen molar-refractivity contribution in [1.29, 1.82) is 0 Å². The van der Waals surface area contributed by atoms with E-state index in [4.69, 9.17) is 16.3 Å². The standard InChI is InChI=1S/C24H24ClN7O2/c1-15-7-8-16(30-19(33)12-25)11-18(15)31-23-17(5-4-9-26-23)21-22-24(28-13-27-21)32(14-29-22)20-6-2-3-10-34-20/h4-5,7-9,11,13-14,20H,2-3,6,10,12H2,1H3,(H,26,31)(H,30,33). The van der Waals surface area contributed by atoms with Crippen LogP contribution in [-0.4, -0.2) is 42.9 Å². The summed E-state index contributed by atoms with van der Waals surface area (Å²) in [7, 11) is 0. The van der Waals surface area contributed by atoms with Crippen molar-refractivity contribution >= 4 is 45.9 Å². The van der Waals surface area contributed by atoms with Crippen molar-refractivity contribution in [3.8, 4) is 11.3 Å². The fourth-order valence-corrected chi connectivity index (χ4v) is 4.12. The number of nitrogens with zero attached hydrogens (tertiary/aromatic N) is 5. The molecule has 5 rings (SSSR count). The summed E-state index contributed by atoms with van der Waals surface area (Å²) in [5.74, 6) is 0.245. The predicted octanol–water partition coefficient (Wildman–Crippen LogP) is 4.82. The van der Waals surface area contributed by atoms with E-state index >= 15 is 0 Å². The van der Waals surface area contributed by atoms with Crippen molar-refractivity contribution in [3.63, 3.8) is 0 Å². The van der Waals surface area contributed by atoms with Crippen molar-refractivity contribution in [1.82, 2.24) is 24.5 Å². The Morgan fingerprint density at radius 2 is 2.12 bits per heavy atom. The zero-order chi connectivity index (χ0) is 23.5. The number of carbonyl (C=O) groups is 1. The van der Waals surface area contributed by atoms with Gasteiger partial charge in [-0.05, 0) is 56.0 Å². The van der Waals surface area contributed by atoms with Gasteiger partial charge >= 0.3 is 0 Å². The Morgan fingerprint density at radius 1 is 1.21 bits per heavy atom. The summed E-state index contributed by atoms with van der Waals surface area (Å²) in [6.07, 6.45) is 8.08. The molecule has 4 aromatic rings. The van der Waals surface area contributed by atoms with Crippen LogP contribution in [0.3, 0.4) is 0 Å². The van der Waals surface area contributed by atoms with Gasteiger partial charge in [0.25, 0.3) is 0 Å². The zero-order valence-electron chi connectivity index (χ0n) is 18.7. The van der Waals surface area contributed by atoms with Crippen LogP contribution in [0.4, 0.5) is 17.2 Å². The van der Waals surface area contributed by atoms with E-state index in [0.717, 1.165) is 48.3 Å². The number of benzene rings is 1. The normalized spacial score (nSPS) is 15.9. The third-order valence-electron chi connectivity index (χ3n) is 5.78. The Balaban J connectivity index is 1.51. The molecule has 4 heterocycles. The van der Waals surface area contributed by atoms with Gasteiger partial charge in [-0.1, -0.05) is 6.07 Å². The second-order valence-corrected chi connectivity index (χ2v) is 8.37. The summed E-state index contributed by atoms with van der Waals surface area (Å²) in [6.45, 7) is 2.72. The molecule has 1 aliphatic heterocycles. The van der Waals surface area contributed by atoms with Crippen LogP contribution in [0.2, 0.25) is 0 Å². The number of carbonyl (C=O) groups excluding carboxylic acids is 1. The van der Waals surface area contributed by atoms with Gasteiger partial charge in [0.05, 0.1) is 6.33 Å². The number of amides is 1. The van der Waals surface area contributed by atoms with Crippen molar-refractivity contribution in [2.75, 3.05) is 23.1 Å². The molecule has 10 heteroatoms. The highest BCUT2D eigenvalue weighted by Gasteiger charge is 2.21. The third kappa shape index (κ3) is 4.44. The van der Waals surface area contributed by atoms with Crippen LogP contribution >= 0.6 is 11.6 Å². The molecule has 0 radical (unpaired) electrons. The van der Waals surface area contributed by atoms with Crippen LogP contribution in [0.1, 0.15) is 31.1 Å². The van der Waals surface area contributed by atoms with Crippen molar-refractivity contribution in [2.24, 2.45) is 0 Å². The fourth-order valence-electron chi connectivity index (χ4n) is 4.06. The van der Waals surface area contributed by atoms with Crippen LogP contribution in [0.15, 0.2) is 49.2 Å². The number of aryl methyl sites for hydroxylation is 1. The molecule has 174 valence electrons. The number of alkyl halides is 1. The molecule has 0 bridgehead atoms. The van der Waals surface area contributed by atoms with E-state index < -0.39 is 0 Å². The first-order chi connectivity index (χ1) is 16.6. The molecule has 1 atom stereocenters. The Kier molecular flexibility index (Phi) is 6.37. The number of fused-ring (bicyclic) bond motifs is 1. The number of nitrogens with one attached hydrogen (secondary N) is 2. The maximum Gasteiger partial charge on any atom is 0.239 e. The SMILES string of the molecule is Cc1ccc(NC(=O)CCl)cc1Nc1ncccc1-c1ncnc2c1ncn2C1CCCCO1. The number of rotatable bonds is 6. The van der Waals surface area contributed by atoms with Gasteiger partial charge in [0.1, 0.15) is 35.5 Å². The lowest BCUT2D eigenvalue weighted by Gasteiger charge is -2.23. The Hall–Kier alpha value is -3.56. The molecular formula is C24H24ClN7O2. The van der Waals surface area contributed by atoms with Gasteiger partial charge in [0.2, 0.25) is 5.91 Å². The first-order valence-corrected chi connectivity index (χ1v) is 11.7. The highest BCUT2D eigenvalue weighted by molar-refractivity contribution is 6.29. The van der Waals surface area contributed by atoms with Crippen molar-refractivity contribution < 1.29 is 9.53 Å². The fraction of sp³-hybridized carbons (Fsp3) is 0.292. The number of halogens is 1. The number of hydrogen-bond acceptors (Lipinski definition) is 7. The lowest BCUT2D eigenvalue weighted by molar-refractivity contribution is -0.113. The summed E-state index contributed by atoms with van der Waals surface area (Å²) < 4.78 is 7.92. The van der Waals surface area contributed by atoms with E-state index in [1.807, 2.05) is 41.8 Å². The summed E-state index contributed by atoms with van der Waals surface area (Å²) >= 11 is 5.63. The molecule has 1 aromatic carbocycles.